The van der Waals surface area contributed by atoms with Crippen molar-refractivity contribution in [3.63, 3.8) is 0 Å². The third-order valence-electron chi connectivity index (χ3n) is 2.64. The molecular formula is C14H13O2P. The predicted molar refractivity (Wildman–Crippen MR) is 72.7 cm³/mol. The quantitative estimate of drug-likeness (QED) is 0.843. The molecule has 0 aromatic heterocycles. The van der Waals surface area contributed by atoms with E-state index in [0.29, 0.717) is 5.56 Å². The van der Waals surface area contributed by atoms with Crippen molar-refractivity contribution in [3.05, 3.63) is 54.1 Å². The van der Waals surface area contributed by atoms with Gasteiger partial charge in [0.2, 0.25) is 0 Å². The van der Waals surface area contributed by atoms with Crippen molar-refractivity contribution in [2.45, 2.75) is 0 Å². The lowest BCUT2D eigenvalue weighted by Crippen LogP contribution is -1.99. The predicted octanol–water partition coefficient (Wildman–Crippen LogP) is 2.99. The number of hydrogen-bond donors (Lipinski definition) is 1. The highest BCUT2D eigenvalue weighted by Gasteiger charge is 2.10. The second-order valence-corrected chi connectivity index (χ2v) is 4.76. The molecule has 0 saturated heterocycles. The van der Waals surface area contributed by atoms with Gasteiger partial charge < -0.3 is 5.11 Å². The fourth-order valence-corrected chi connectivity index (χ4v) is 2.24. The molecule has 0 spiro atoms. The summed E-state index contributed by atoms with van der Waals surface area (Å²) in [6, 6.07) is 15.1. The average Bonchev–Trinajstić information content (AvgIpc) is 2.39. The molecule has 2 aromatic rings. The Morgan fingerprint density at radius 2 is 1.71 bits per heavy atom. The van der Waals surface area contributed by atoms with Crippen LogP contribution in [0.25, 0.3) is 11.1 Å². The first-order valence-electron chi connectivity index (χ1n) is 5.33. The zero-order valence-corrected chi connectivity index (χ0v) is 10.5. The third-order valence-corrected chi connectivity index (χ3v) is 3.55. The molecule has 0 amide bonds. The van der Waals surface area contributed by atoms with E-state index in [1.54, 1.807) is 12.1 Å². The normalized spacial score (nSPS) is 10.9. The Balaban J connectivity index is 2.48. The minimum atomic E-state index is -0.887. The number of carboxylic acid groups (broad SMARTS) is 1. The molecule has 0 aliphatic carbocycles. The van der Waals surface area contributed by atoms with Crippen LogP contribution >= 0.6 is 8.58 Å². The van der Waals surface area contributed by atoms with E-state index >= 15 is 0 Å². The van der Waals surface area contributed by atoms with Crippen molar-refractivity contribution in [3.8, 4) is 11.1 Å². The molecule has 0 bridgehead atoms. The summed E-state index contributed by atoms with van der Waals surface area (Å²) in [7, 11) is 0.760. The molecule has 1 atom stereocenters. The molecule has 0 aliphatic heterocycles. The van der Waals surface area contributed by atoms with Crippen molar-refractivity contribution >= 4 is 19.9 Å². The minimum Gasteiger partial charge on any atom is -0.478 e. The van der Waals surface area contributed by atoms with E-state index in [2.05, 4.69) is 6.66 Å². The molecule has 0 radical (unpaired) electrons. The van der Waals surface area contributed by atoms with Gasteiger partial charge in [-0.05, 0) is 29.2 Å². The molecule has 0 fully saturated rings. The van der Waals surface area contributed by atoms with E-state index in [1.807, 2.05) is 36.4 Å². The molecule has 0 saturated carbocycles. The van der Waals surface area contributed by atoms with Crippen molar-refractivity contribution < 1.29 is 9.90 Å². The van der Waals surface area contributed by atoms with Gasteiger partial charge in [-0.1, -0.05) is 51.0 Å². The number of benzene rings is 2. The van der Waals surface area contributed by atoms with Crippen molar-refractivity contribution in [2.24, 2.45) is 0 Å². The van der Waals surface area contributed by atoms with E-state index in [-0.39, 0.29) is 0 Å². The maximum absolute atomic E-state index is 11.1. The van der Waals surface area contributed by atoms with Crippen LogP contribution in [0.5, 0.6) is 0 Å². The number of rotatable bonds is 3. The second kappa shape index (κ2) is 5.11. The Morgan fingerprint density at radius 1 is 1.06 bits per heavy atom. The topological polar surface area (TPSA) is 37.3 Å². The van der Waals surface area contributed by atoms with E-state index in [1.165, 1.54) is 5.30 Å². The lowest BCUT2D eigenvalue weighted by atomic mass is 10.00. The van der Waals surface area contributed by atoms with Gasteiger partial charge >= 0.3 is 5.97 Å². The van der Waals surface area contributed by atoms with E-state index in [9.17, 15) is 4.79 Å². The number of carboxylic acids is 1. The summed E-state index contributed by atoms with van der Waals surface area (Å²) < 4.78 is 0. The molecule has 1 N–H and O–H groups in total. The summed E-state index contributed by atoms with van der Waals surface area (Å²) in [6.45, 7) is 2.13. The first-order chi connectivity index (χ1) is 8.22. The molecule has 3 heteroatoms. The first kappa shape index (κ1) is 11.8. The van der Waals surface area contributed by atoms with Gasteiger partial charge in [0.05, 0.1) is 5.56 Å². The molecule has 2 aromatic carbocycles. The highest BCUT2D eigenvalue weighted by Crippen LogP contribution is 2.23. The molecule has 2 nitrogen and oxygen atoms in total. The van der Waals surface area contributed by atoms with Gasteiger partial charge in [0.25, 0.3) is 0 Å². The van der Waals surface area contributed by atoms with Gasteiger partial charge in [-0.2, -0.15) is 0 Å². The fourth-order valence-electron chi connectivity index (χ4n) is 1.74. The van der Waals surface area contributed by atoms with Gasteiger partial charge in [-0.15, -0.1) is 0 Å². The monoisotopic (exact) mass is 244 g/mol. The Hall–Kier alpha value is -1.66. The van der Waals surface area contributed by atoms with E-state index in [0.717, 1.165) is 19.7 Å². The van der Waals surface area contributed by atoms with Crippen molar-refractivity contribution in [1.82, 2.24) is 0 Å². The van der Waals surface area contributed by atoms with Gasteiger partial charge in [-0.3, -0.25) is 0 Å². The standard InChI is InChI=1S/C14H13O2P/c1-17-11-8-6-10(7-9-11)12-4-2-3-5-13(12)14(15)16/h2-9,17H,1H3,(H,15,16). The van der Waals surface area contributed by atoms with Crippen LogP contribution in [-0.4, -0.2) is 17.7 Å². The highest BCUT2D eigenvalue weighted by molar-refractivity contribution is 7.46. The van der Waals surface area contributed by atoms with Crippen LogP contribution in [0, 0.1) is 0 Å². The van der Waals surface area contributed by atoms with Crippen molar-refractivity contribution in [2.75, 3.05) is 6.66 Å². The molecule has 1 unspecified atom stereocenters. The summed E-state index contributed by atoms with van der Waals surface area (Å²) in [4.78, 5) is 11.1. The van der Waals surface area contributed by atoms with Crippen LogP contribution in [0.2, 0.25) is 0 Å². The number of carbonyl (C=O) groups is 1. The third kappa shape index (κ3) is 2.54. The number of hydrogen-bond acceptors (Lipinski definition) is 1. The smallest absolute Gasteiger partial charge is 0.336 e. The van der Waals surface area contributed by atoms with Crippen LogP contribution in [0.3, 0.4) is 0 Å². The van der Waals surface area contributed by atoms with Crippen LogP contribution in [-0.2, 0) is 0 Å². The highest BCUT2D eigenvalue weighted by atomic mass is 31.1. The molecule has 17 heavy (non-hydrogen) atoms. The second-order valence-electron chi connectivity index (χ2n) is 3.68. The summed E-state index contributed by atoms with van der Waals surface area (Å²) in [5.74, 6) is -0.887. The van der Waals surface area contributed by atoms with Gasteiger partial charge in [0.1, 0.15) is 0 Å². The Bertz CT molecular complexity index is 532. The maximum Gasteiger partial charge on any atom is 0.336 e. The van der Waals surface area contributed by atoms with E-state index < -0.39 is 5.97 Å². The average molecular weight is 244 g/mol. The molecular weight excluding hydrogens is 231 g/mol. The molecule has 2 rings (SSSR count). The van der Waals surface area contributed by atoms with Gasteiger partial charge in [-0.25, -0.2) is 4.79 Å². The summed E-state index contributed by atoms with van der Waals surface area (Å²) in [6.07, 6.45) is 0. The van der Waals surface area contributed by atoms with Crippen molar-refractivity contribution in [1.29, 1.82) is 0 Å². The summed E-state index contributed by atoms with van der Waals surface area (Å²) in [5.41, 5.74) is 2.06. The van der Waals surface area contributed by atoms with Gasteiger partial charge in [0, 0.05) is 0 Å². The molecule has 86 valence electrons. The zero-order chi connectivity index (χ0) is 12.3. The van der Waals surface area contributed by atoms with Crippen LogP contribution in [0.1, 0.15) is 10.4 Å². The first-order valence-corrected chi connectivity index (χ1v) is 6.83. The van der Waals surface area contributed by atoms with Gasteiger partial charge in [0.15, 0.2) is 0 Å². The summed E-state index contributed by atoms with van der Waals surface area (Å²) >= 11 is 0. The lowest BCUT2D eigenvalue weighted by molar-refractivity contribution is 0.0698. The Kier molecular flexibility index (Phi) is 3.55. The Morgan fingerprint density at radius 3 is 2.29 bits per heavy atom. The fraction of sp³-hybridized carbons (Fsp3) is 0.0714. The zero-order valence-electron chi connectivity index (χ0n) is 9.47. The van der Waals surface area contributed by atoms with E-state index in [4.69, 9.17) is 5.11 Å². The van der Waals surface area contributed by atoms with Crippen LogP contribution in [0.4, 0.5) is 0 Å². The van der Waals surface area contributed by atoms with Crippen LogP contribution < -0.4 is 5.30 Å². The lowest BCUT2D eigenvalue weighted by Gasteiger charge is -2.06. The largest absolute Gasteiger partial charge is 0.478 e. The summed E-state index contributed by atoms with van der Waals surface area (Å²) in [5, 5.41) is 10.4. The molecule has 0 aliphatic rings. The minimum absolute atomic E-state index is 0.346. The van der Waals surface area contributed by atoms with Crippen LogP contribution in [0.15, 0.2) is 48.5 Å². The maximum atomic E-state index is 11.1. The Labute approximate surface area is 102 Å². The molecule has 0 heterocycles. The SMILES string of the molecule is CPc1ccc(-c2ccccc2C(=O)O)cc1. The number of aromatic carboxylic acids is 1.